The number of carbonyl (C=O) groups excluding carboxylic acids is 1. The molecule has 3 aromatic heterocycles. The van der Waals surface area contributed by atoms with Crippen molar-refractivity contribution in [3.63, 3.8) is 0 Å². The highest BCUT2D eigenvalue weighted by atomic mass is 16.5. The molecule has 0 aliphatic heterocycles. The molecule has 0 amide bonds. The third-order valence-corrected chi connectivity index (χ3v) is 3.22. The molecule has 0 atom stereocenters. The average Bonchev–Trinajstić information content (AvgIpc) is 3.01. The van der Waals surface area contributed by atoms with Gasteiger partial charge < -0.3 is 9.26 Å². The van der Waals surface area contributed by atoms with Crippen molar-refractivity contribution in [2.75, 3.05) is 7.11 Å². The fourth-order valence-corrected chi connectivity index (χ4v) is 2.26. The van der Waals surface area contributed by atoms with Gasteiger partial charge in [-0.25, -0.2) is 9.78 Å². The van der Waals surface area contributed by atoms with Gasteiger partial charge in [0.1, 0.15) is 11.4 Å². The Morgan fingerprint density at radius 3 is 2.85 bits per heavy atom. The van der Waals surface area contributed by atoms with Crippen molar-refractivity contribution < 1.29 is 14.1 Å². The number of rotatable bonds is 2. The highest BCUT2D eigenvalue weighted by Gasteiger charge is 2.16. The van der Waals surface area contributed by atoms with Gasteiger partial charge in [0.15, 0.2) is 0 Å². The summed E-state index contributed by atoms with van der Waals surface area (Å²) in [4.78, 5) is 15.8. The van der Waals surface area contributed by atoms with Crippen LogP contribution in [0.25, 0.3) is 16.9 Å². The first kappa shape index (κ1) is 12.4. The number of ether oxygens (including phenoxy) is 1. The van der Waals surface area contributed by atoms with Crippen molar-refractivity contribution in [1.29, 1.82) is 0 Å². The minimum atomic E-state index is -0.380. The van der Waals surface area contributed by atoms with Gasteiger partial charge in [0.2, 0.25) is 0 Å². The maximum Gasteiger partial charge on any atom is 0.338 e. The molecular weight excluding hydrogens is 258 g/mol. The quantitative estimate of drug-likeness (QED) is 0.669. The van der Waals surface area contributed by atoms with E-state index in [1.165, 1.54) is 7.11 Å². The lowest BCUT2D eigenvalue weighted by Gasteiger charge is -2.03. The predicted molar refractivity (Wildman–Crippen MR) is 71.5 cm³/mol. The second kappa shape index (κ2) is 4.48. The number of hydrogen-bond acceptors (Lipinski definition) is 5. The highest BCUT2D eigenvalue weighted by molar-refractivity contribution is 5.90. The summed E-state index contributed by atoms with van der Waals surface area (Å²) in [5, 5.41) is 3.95. The number of pyridine rings is 1. The van der Waals surface area contributed by atoms with Crippen LogP contribution >= 0.6 is 0 Å². The molecule has 0 aromatic carbocycles. The van der Waals surface area contributed by atoms with Crippen LogP contribution in [-0.4, -0.2) is 27.6 Å². The molecule has 0 bridgehead atoms. The number of hydrogen-bond donors (Lipinski definition) is 0. The lowest BCUT2D eigenvalue weighted by Crippen LogP contribution is -2.02. The molecule has 0 aliphatic carbocycles. The van der Waals surface area contributed by atoms with E-state index in [9.17, 15) is 4.79 Å². The number of aromatic nitrogens is 3. The summed E-state index contributed by atoms with van der Waals surface area (Å²) in [6, 6.07) is 3.38. The Hall–Kier alpha value is -2.63. The highest BCUT2D eigenvalue weighted by Crippen LogP contribution is 2.27. The molecule has 0 aliphatic rings. The maximum atomic E-state index is 11.5. The van der Waals surface area contributed by atoms with Crippen LogP contribution in [0.1, 0.15) is 21.8 Å². The molecule has 0 spiro atoms. The van der Waals surface area contributed by atoms with E-state index in [0.717, 1.165) is 22.7 Å². The summed E-state index contributed by atoms with van der Waals surface area (Å²) in [6.45, 7) is 3.74. The van der Waals surface area contributed by atoms with Crippen LogP contribution < -0.4 is 0 Å². The second-order valence-corrected chi connectivity index (χ2v) is 4.48. The largest absolute Gasteiger partial charge is 0.465 e. The summed E-state index contributed by atoms with van der Waals surface area (Å²) in [6.07, 6.45) is 3.53. The number of methoxy groups -OCH3 is 1. The molecule has 6 nitrogen and oxygen atoms in total. The molecule has 3 rings (SSSR count). The van der Waals surface area contributed by atoms with Crippen LogP contribution in [0, 0.1) is 13.8 Å². The smallest absolute Gasteiger partial charge is 0.338 e. The second-order valence-electron chi connectivity index (χ2n) is 4.48. The Labute approximate surface area is 115 Å². The molecule has 0 N–H and O–H groups in total. The molecule has 0 saturated carbocycles. The number of imidazole rings is 1. The molecule has 3 aromatic rings. The molecule has 6 heteroatoms. The van der Waals surface area contributed by atoms with Gasteiger partial charge in [0.05, 0.1) is 35.8 Å². The Kier molecular flexibility index (Phi) is 2.78. The zero-order valence-electron chi connectivity index (χ0n) is 11.4. The first-order chi connectivity index (χ1) is 9.61. The van der Waals surface area contributed by atoms with Crippen molar-refractivity contribution in [1.82, 2.24) is 14.5 Å². The normalized spacial score (nSPS) is 10.9. The maximum absolute atomic E-state index is 11.5. The summed E-state index contributed by atoms with van der Waals surface area (Å²) in [5.74, 6) is 0.357. The van der Waals surface area contributed by atoms with Gasteiger partial charge in [0.25, 0.3) is 0 Å². The molecule has 0 radical (unpaired) electrons. The summed E-state index contributed by atoms with van der Waals surface area (Å²) >= 11 is 0. The van der Waals surface area contributed by atoms with Gasteiger partial charge in [-0.2, -0.15) is 0 Å². The Morgan fingerprint density at radius 1 is 1.40 bits per heavy atom. The van der Waals surface area contributed by atoms with Gasteiger partial charge in [0, 0.05) is 6.20 Å². The molecule has 20 heavy (non-hydrogen) atoms. The van der Waals surface area contributed by atoms with Crippen LogP contribution in [0.15, 0.2) is 29.0 Å². The van der Waals surface area contributed by atoms with E-state index in [1.807, 2.05) is 18.2 Å². The van der Waals surface area contributed by atoms with E-state index in [0.29, 0.717) is 11.2 Å². The standard InChI is InChI=1S/C14H13N3O3/c1-8-13(9(2)20-16-8)11-7-15-12-6-10(14(18)19-3)4-5-17(11)12/h4-7H,1-3H3. The first-order valence-electron chi connectivity index (χ1n) is 6.10. The van der Waals surface area contributed by atoms with Gasteiger partial charge in [-0.1, -0.05) is 5.16 Å². The SMILES string of the molecule is COC(=O)c1ccn2c(-c3c(C)noc3C)cnc2c1. The van der Waals surface area contributed by atoms with E-state index in [2.05, 4.69) is 10.1 Å². The number of esters is 1. The molecule has 0 fully saturated rings. The topological polar surface area (TPSA) is 69.6 Å². The number of carbonyl (C=O) groups is 1. The van der Waals surface area contributed by atoms with Crippen molar-refractivity contribution in [2.24, 2.45) is 0 Å². The Morgan fingerprint density at radius 2 is 2.20 bits per heavy atom. The number of nitrogens with zero attached hydrogens (tertiary/aromatic N) is 3. The fraction of sp³-hybridized carbons (Fsp3) is 0.214. The van der Waals surface area contributed by atoms with E-state index in [1.54, 1.807) is 24.5 Å². The summed E-state index contributed by atoms with van der Waals surface area (Å²) in [7, 11) is 1.35. The minimum absolute atomic E-state index is 0.380. The van der Waals surface area contributed by atoms with Crippen LogP contribution in [-0.2, 0) is 4.74 Å². The summed E-state index contributed by atoms with van der Waals surface area (Å²) in [5.41, 5.74) is 3.75. The van der Waals surface area contributed by atoms with Crippen LogP contribution in [0.4, 0.5) is 0 Å². The zero-order valence-corrected chi connectivity index (χ0v) is 11.4. The van der Waals surface area contributed by atoms with Crippen LogP contribution in [0.5, 0.6) is 0 Å². The Balaban J connectivity index is 2.18. The molecule has 3 heterocycles. The lowest BCUT2D eigenvalue weighted by atomic mass is 10.1. The van der Waals surface area contributed by atoms with Gasteiger partial charge in [-0.3, -0.25) is 4.40 Å². The van der Waals surface area contributed by atoms with E-state index >= 15 is 0 Å². The first-order valence-corrected chi connectivity index (χ1v) is 6.10. The lowest BCUT2D eigenvalue weighted by molar-refractivity contribution is 0.0600. The van der Waals surface area contributed by atoms with Gasteiger partial charge in [-0.15, -0.1) is 0 Å². The predicted octanol–water partition coefficient (Wildman–Crippen LogP) is 2.39. The third-order valence-electron chi connectivity index (χ3n) is 3.22. The van der Waals surface area contributed by atoms with Crippen molar-refractivity contribution in [2.45, 2.75) is 13.8 Å². The van der Waals surface area contributed by atoms with Crippen LogP contribution in [0.2, 0.25) is 0 Å². The van der Waals surface area contributed by atoms with E-state index in [4.69, 9.17) is 9.26 Å². The van der Waals surface area contributed by atoms with E-state index < -0.39 is 0 Å². The number of fused-ring (bicyclic) bond motifs is 1. The minimum Gasteiger partial charge on any atom is -0.465 e. The number of aryl methyl sites for hydroxylation is 2. The summed E-state index contributed by atoms with van der Waals surface area (Å²) < 4.78 is 11.8. The van der Waals surface area contributed by atoms with E-state index in [-0.39, 0.29) is 5.97 Å². The van der Waals surface area contributed by atoms with Gasteiger partial charge >= 0.3 is 5.97 Å². The van der Waals surface area contributed by atoms with Gasteiger partial charge in [-0.05, 0) is 26.0 Å². The van der Waals surface area contributed by atoms with Crippen LogP contribution in [0.3, 0.4) is 0 Å². The molecule has 0 saturated heterocycles. The Bertz CT molecular complexity index is 782. The third kappa shape index (κ3) is 1.77. The molecule has 102 valence electrons. The zero-order chi connectivity index (χ0) is 14.3. The van der Waals surface area contributed by atoms with Crippen molar-refractivity contribution in [3.8, 4) is 11.3 Å². The fourth-order valence-electron chi connectivity index (χ4n) is 2.26. The molecule has 0 unspecified atom stereocenters. The average molecular weight is 271 g/mol. The van der Waals surface area contributed by atoms with Crippen molar-refractivity contribution in [3.05, 3.63) is 41.5 Å². The monoisotopic (exact) mass is 271 g/mol. The molecular formula is C14H13N3O3. The van der Waals surface area contributed by atoms with Crippen molar-refractivity contribution >= 4 is 11.6 Å².